The normalized spacial score (nSPS) is 11.9. The molecule has 0 N–H and O–H groups in total. The van der Waals surface area contributed by atoms with Crippen LogP contribution in [0.5, 0.6) is 0 Å². The highest BCUT2D eigenvalue weighted by Crippen LogP contribution is 2.13. The number of oxazole rings is 1. The van der Waals surface area contributed by atoms with Gasteiger partial charge in [0, 0.05) is 26.6 Å². The predicted molar refractivity (Wildman–Crippen MR) is 108 cm³/mol. The van der Waals surface area contributed by atoms with Crippen molar-refractivity contribution in [1.29, 1.82) is 0 Å². The number of para-hydroxylation sites is 2. The lowest BCUT2D eigenvalue weighted by Crippen LogP contribution is -2.37. The lowest BCUT2D eigenvalue weighted by molar-refractivity contribution is -0.158. The molecule has 1 aromatic heterocycles. The first kappa shape index (κ1) is 20.4. The lowest BCUT2D eigenvalue weighted by Gasteiger charge is -2.21. The van der Waals surface area contributed by atoms with E-state index in [-0.39, 0.29) is 12.3 Å². The van der Waals surface area contributed by atoms with Gasteiger partial charge in [0.1, 0.15) is 0 Å². The highest BCUT2D eigenvalue weighted by atomic mass is 16.5. The van der Waals surface area contributed by atoms with E-state index in [0.717, 1.165) is 5.56 Å². The molecule has 0 aliphatic carbocycles. The molecule has 3 rings (SSSR count). The Morgan fingerprint density at radius 1 is 1.10 bits per heavy atom. The predicted octanol–water partition coefficient (Wildman–Crippen LogP) is 2.97. The molecular weight excluding hydrogens is 372 g/mol. The van der Waals surface area contributed by atoms with Crippen LogP contribution >= 0.6 is 0 Å². The number of benzene rings is 2. The summed E-state index contributed by atoms with van der Waals surface area (Å²) in [6, 6.07) is 16.7. The number of ether oxygens (including phenoxy) is 1. The second-order valence-corrected chi connectivity index (χ2v) is 6.90. The van der Waals surface area contributed by atoms with Gasteiger partial charge in [0.25, 0.3) is 5.91 Å². The summed E-state index contributed by atoms with van der Waals surface area (Å²) >= 11 is 0. The van der Waals surface area contributed by atoms with Crippen LogP contribution in [0.1, 0.15) is 25.3 Å². The SMILES string of the molecule is CC(OC(=O)CCCn1c(=O)oc2ccccc21)C(=O)N(C)Cc1ccccc1. The topological polar surface area (TPSA) is 81.7 Å². The number of carbonyl (C=O) groups excluding carboxylic acids is 2. The van der Waals surface area contributed by atoms with Crippen molar-refractivity contribution in [3.8, 4) is 0 Å². The van der Waals surface area contributed by atoms with Gasteiger partial charge in [-0.2, -0.15) is 0 Å². The number of fused-ring (bicyclic) bond motifs is 1. The Hall–Kier alpha value is -3.35. The fourth-order valence-corrected chi connectivity index (χ4v) is 3.16. The third-order valence-corrected chi connectivity index (χ3v) is 4.63. The number of likely N-dealkylation sites (N-methyl/N-ethyl adjacent to an activating group) is 1. The molecule has 0 spiro atoms. The molecule has 0 radical (unpaired) electrons. The van der Waals surface area contributed by atoms with Crippen LogP contribution in [0.3, 0.4) is 0 Å². The number of hydrogen-bond acceptors (Lipinski definition) is 5. The number of hydrogen-bond donors (Lipinski definition) is 0. The first-order valence-electron chi connectivity index (χ1n) is 9.52. The average molecular weight is 396 g/mol. The van der Waals surface area contributed by atoms with E-state index >= 15 is 0 Å². The van der Waals surface area contributed by atoms with Gasteiger partial charge >= 0.3 is 11.7 Å². The lowest BCUT2D eigenvalue weighted by atomic mass is 10.2. The summed E-state index contributed by atoms with van der Waals surface area (Å²) in [5.74, 6) is -1.19. The molecule has 0 aliphatic rings. The molecule has 3 aromatic rings. The van der Waals surface area contributed by atoms with E-state index < -0.39 is 17.8 Å². The van der Waals surface area contributed by atoms with Gasteiger partial charge < -0.3 is 14.1 Å². The Balaban J connectivity index is 1.47. The van der Waals surface area contributed by atoms with Crippen molar-refractivity contribution in [1.82, 2.24) is 9.47 Å². The van der Waals surface area contributed by atoms with E-state index in [9.17, 15) is 14.4 Å². The zero-order chi connectivity index (χ0) is 20.8. The van der Waals surface area contributed by atoms with Gasteiger partial charge in [-0.15, -0.1) is 0 Å². The number of esters is 1. The number of nitrogens with zero attached hydrogens (tertiary/aromatic N) is 2. The summed E-state index contributed by atoms with van der Waals surface area (Å²) in [6.45, 7) is 2.34. The highest BCUT2D eigenvalue weighted by molar-refractivity contribution is 5.83. The zero-order valence-electron chi connectivity index (χ0n) is 16.5. The first-order valence-corrected chi connectivity index (χ1v) is 9.52. The second-order valence-electron chi connectivity index (χ2n) is 6.90. The number of aromatic nitrogens is 1. The van der Waals surface area contributed by atoms with E-state index in [1.807, 2.05) is 36.4 Å². The quantitative estimate of drug-likeness (QED) is 0.547. The number of aryl methyl sites for hydroxylation is 1. The average Bonchev–Trinajstić information content (AvgIpc) is 3.03. The maximum Gasteiger partial charge on any atom is 0.419 e. The molecule has 1 atom stereocenters. The monoisotopic (exact) mass is 396 g/mol. The standard InChI is InChI=1S/C22H24N2O5/c1-16(21(26)23(2)15-17-9-4-3-5-10-17)28-20(25)13-8-14-24-18-11-6-7-12-19(18)29-22(24)27/h3-7,9-12,16H,8,13-15H2,1-2H3. The van der Waals surface area contributed by atoms with Crippen molar-refractivity contribution in [2.24, 2.45) is 0 Å². The molecule has 0 aliphatic heterocycles. The van der Waals surface area contributed by atoms with E-state index in [0.29, 0.717) is 30.6 Å². The molecule has 2 aromatic carbocycles. The number of rotatable bonds is 8. The van der Waals surface area contributed by atoms with Crippen LogP contribution in [-0.4, -0.2) is 34.5 Å². The number of amides is 1. The van der Waals surface area contributed by atoms with Crippen molar-refractivity contribution in [2.45, 2.75) is 39.0 Å². The molecule has 0 fully saturated rings. The van der Waals surface area contributed by atoms with Gasteiger partial charge in [0.05, 0.1) is 5.52 Å². The Kier molecular flexibility index (Phi) is 6.49. The van der Waals surface area contributed by atoms with Crippen LogP contribution < -0.4 is 5.76 Å². The van der Waals surface area contributed by atoms with Gasteiger partial charge in [-0.1, -0.05) is 42.5 Å². The molecule has 1 heterocycles. The number of carbonyl (C=O) groups is 2. The fraction of sp³-hybridized carbons (Fsp3) is 0.318. The van der Waals surface area contributed by atoms with Crippen LogP contribution in [0.25, 0.3) is 11.1 Å². The Morgan fingerprint density at radius 2 is 1.79 bits per heavy atom. The van der Waals surface area contributed by atoms with Gasteiger partial charge in [-0.3, -0.25) is 14.2 Å². The van der Waals surface area contributed by atoms with Crippen LogP contribution in [0.15, 0.2) is 63.8 Å². The summed E-state index contributed by atoms with van der Waals surface area (Å²) in [6.07, 6.45) is -0.358. The zero-order valence-corrected chi connectivity index (χ0v) is 16.5. The first-order chi connectivity index (χ1) is 14.0. The molecular formula is C22H24N2O5. The van der Waals surface area contributed by atoms with E-state index in [1.54, 1.807) is 32.2 Å². The van der Waals surface area contributed by atoms with Gasteiger partial charge in [-0.05, 0) is 31.0 Å². The molecule has 7 heteroatoms. The summed E-state index contributed by atoms with van der Waals surface area (Å²) in [7, 11) is 1.68. The van der Waals surface area contributed by atoms with E-state index in [1.165, 1.54) is 9.47 Å². The highest BCUT2D eigenvalue weighted by Gasteiger charge is 2.21. The van der Waals surface area contributed by atoms with Crippen molar-refractivity contribution < 1.29 is 18.7 Å². The Bertz CT molecular complexity index is 1040. The third-order valence-electron chi connectivity index (χ3n) is 4.63. The summed E-state index contributed by atoms with van der Waals surface area (Å²) < 4.78 is 11.9. The smallest absolute Gasteiger partial charge is 0.419 e. The maximum absolute atomic E-state index is 12.4. The third kappa shape index (κ3) is 5.13. The van der Waals surface area contributed by atoms with Crippen LogP contribution in [0, 0.1) is 0 Å². The summed E-state index contributed by atoms with van der Waals surface area (Å²) in [5.41, 5.74) is 2.21. The minimum absolute atomic E-state index is 0.103. The van der Waals surface area contributed by atoms with Gasteiger partial charge in [-0.25, -0.2) is 4.79 Å². The molecule has 0 bridgehead atoms. The fourth-order valence-electron chi connectivity index (χ4n) is 3.16. The van der Waals surface area contributed by atoms with Gasteiger partial charge in [0.15, 0.2) is 11.7 Å². The van der Waals surface area contributed by atoms with Crippen LogP contribution in [-0.2, 0) is 27.4 Å². The second kappa shape index (κ2) is 9.23. The summed E-state index contributed by atoms with van der Waals surface area (Å²) in [4.78, 5) is 38.0. The molecule has 29 heavy (non-hydrogen) atoms. The van der Waals surface area contributed by atoms with Crippen LogP contribution in [0.4, 0.5) is 0 Å². The van der Waals surface area contributed by atoms with E-state index in [4.69, 9.17) is 9.15 Å². The molecule has 0 saturated heterocycles. The molecule has 0 saturated carbocycles. The maximum atomic E-state index is 12.4. The minimum Gasteiger partial charge on any atom is -0.453 e. The molecule has 152 valence electrons. The largest absolute Gasteiger partial charge is 0.453 e. The molecule has 1 amide bonds. The minimum atomic E-state index is -0.867. The molecule has 1 unspecified atom stereocenters. The van der Waals surface area contributed by atoms with Gasteiger partial charge in [0.2, 0.25) is 0 Å². The Morgan fingerprint density at radius 3 is 2.55 bits per heavy atom. The van der Waals surface area contributed by atoms with Crippen molar-refractivity contribution >= 4 is 23.0 Å². The van der Waals surface area contributed by atoms with Crippen LogP contribution in [0.2, 0.25) is 0 Å². The Labute approximate surface area is 168 Å². The van der Waals surface area contributed by atoms with Crippen molar-refractivity contribution in [3.05, 3.63) is 70.7 Å². The molecule has 7 nitrogen and oxygen atoms in total. The van der Waals surface area contributed by atoms with E-state index in [2.05, 4.69) is 0 Å². The van der Waals surface area contributed by atoms with Crippen molar-refractivity contribution in [2.75, 3.05) is 7.05 Å². The van der Waals surface area contributed by atoms with Crippen molar-refractivity contribution in [3.63, 3.8) is 0 Å². The summed E-state index contributed by atoms with van der Waals surface area (Å²) in [5, 5.41) is 0.